The molecular weight excluding hydrogens is 382 g/mol. The lowest BCUT2D eigenvalue weighted by atomic mass is 10.1. The predicted octanol–water partition coefficient (Wildman–Crippen LogP) is 2.64. The van der Waals surface area contributed by atoms with E-state index in [9.17, 15) is 13.6 Å². The number of carbonyl (C=O) groups is 1. The molecule has 11 heteroatoms. The van der Waals surface area contributed by atoms with Gasteiger partial charge in [0, 0.05) is 25.7 Å². The average molecular weight is 397 g/mol. The van der Waals surface area contributed by atoms with E-state index in [1.165, 1.54) is 4.68 Å². The van der Waals surface area contributed by atoms with Crippen LogP contribution in [-0.2, 0) is 7.05 Å². The zero-order chi connectivity index (χ0) is 19.7. The first-order valence-corrected chi connectivity index (χ1v) is 8.28. The monoisotopic (exact) mass is 396 g/mol. The minimum atomic E-state index is -1.33. The molecule has 0 radical (unpaired) electrons. The standard InChI is InChI=1S/C16H15ClF2N6O2/c1-7(6-21-15(26)9-4-5-20-13(19)11(9)18)14-22-16(27-24-14)10-8(2)23-25(3)12(10)17/h4-5,7H,6H2,1-3H3,(H,21,26). The number of carbonyl (C=O) groups excluding carboxylic acids is 1. The average Bonchev–Trinajstić information content (AvgIpc) is 3.20. The Hall–Kier alpha value is -2.88. The van der Waals surface area contributed by atoms with Crippen molar-refractivity contribution in [3.63, 3.8) is 0 Å². The van der Waals surface area contributed by atoms with Crippen LogP contribution in [0.3, 0.4) is 0 Å². The summed E-state index contributed by atoms with van der Waals surface area (Å²) in [6, 6.07) is 1.10. The minimum absolute atomic E-state index is 0.0843. The summed E-state index contributed by atoms with van der Waals surface area (Å²) in [5.74, 6) is -3.21. The lowest BCUT2D eigenvalue weighted by Crippen LogP contribution is -2.29. The van der Waals surface area contributed by atoms with Crippen LogP contribution >= 0.6 is 11.6 Å². The van der Waals surface area contributed by atoms with E-state index >= 15 is 0 Å². The van der Waals surface area contributed by atoms with Gasteiger partial charge in [0.1, 0.15) is 5.15 Å². The van der Waals surface area contributed by atoms with E-state index in [0.29, 0.717) is 22.2 Å². The number of halogens is 3. The van der Waals surface area contributed by atoms with E-state index in [1.807, 2.05) is 0 Å². The van der Waals surface area contributed by atoms with Gasteiger partial charge in [-0.05, 0) is 13.0 Å². The number of aromatic nitrogens is 5. The molecule has 1 amide bonds. The van der Waals surface area contributed by atoms with Crippen LogP contribution in [0, 0.1) is 18.7 Å². The molecule has 1 unspecified atom stereocenters. The lowest BCUT2D eigenvalue weighted by molar-refractivity contribution is 0.0945. The molecule has 3 aromatic rings. The topological polar surface area (TPSA) is 98.7 Å². The predicted molar refractivity (Wildman–Crippen MR) is 91.1 cm³/mol. The van der Waals surface area contributed by atoms with Gasteiger partial charge < -0.3 is 9.84 Å². The van der Waals surface area contributed by atoms with Crippen LogP contribution in [0.1, 0.15) is 34.7 Å². The molecule has 1 N–H and O–H groups in total. The molecule has 0 aliphatic carbocycles. The van der Waals surface area contributed by atoms with Gasteiger partial charge in [0.25, 0.3) is 11.8 Å². The largest absolute Gasteiger partial charge is 0.351 e. The molecule has 27 heavy (non-hydrogen) atoms. The summed E-state index contributed by atoms with van der Waals surface area (Å²) in [7, 11) is 1.69. The Bertz CT molecular complexity index is 1000. The maximum Gasteiger partial charge on any atom is 0.262 e. The SMILES string of the molecule is Cc1nn(C)c(Cl)c1-c1nc(C(C)CNC(=O)c2ccnc(F)c2F)no1. The van der Waals surface area contributed by atoms with Gasteiger partial charge in [-0.15, -0.1) is 0 Å². The van der Waals surface area contributed by atoms with Gasteiger partial charge >= 0.3 is 0 Å². The van der Waals surface area contributed by atoms with E-state index < -0.39 is 23.2 Å². The number of rotatable bonds is 5. The summed E-state index contributed by atoms with van der Waals surface area (Å²) >= 11 is 6.18. The number of hydrogen-bond donors (Lipinski definition) is 1. The van der Waals surface area contributed by atoms with Crippen molar-refractivity contribution in [2.75, 3.05) is 6.54 Å². The summed E-state index contributed by atoms with van der Waals surface area (Å²) in [6.45, 7) is 3.59. The van der Waals surface area contributed by atoms with Crippen molar-refractivity contribution in [3.8, 4) is 11.5 Å². The van der Waals surface area contributed by atoms with Crippen molar-refractivity contribution in [2.45, 2.75) is 19.8 Å². The Labute approximate surface area is 157 Å². The number of nitrogens with one attached hydrogen (secondary N) is 1. The van der Waals surface area contributed by atoms with E-state index in [0.717, 1.165) is 12.3 Å². The van der Waals surface area contributed by atoms with Gasteiger partial charge in [-0.3, -0.25) is 9.48 Å². The van der Waals surface area contributed by atoms with E-state index in [1.54, 1.807) is 20.9 Å². The zero-order valence-corrected chi connectivity index (χ0v) is 15.4. The van der Waals surface area contributed by atoms with Crippen LogP contribution in [0.25, 0.3) is 11.5 Å². The molecule has 142 valence electrons. The highest BCUT2D eigenvalue weighted by Gasteiger charge is 2.22. The third kappa shape index (κ3) is 3.65. The second-order valence-corrected chi connectivity index (χ2v) is 6.26. The van der Waals surface area contributed by atoms with Crippen molar-refractivity contribution < 1.29 is 18.1 Å². The van der Waals surface area contributed by atoms with Gasteiger partial charge in [0.05, 0.1) is 16.8 Å². The minimum Gasteiger partial charge on any atom is -0.351 e. The lowest BCUT2D eigenvalue weighted by Gasteiger charge is -2.09. The third-order valence-electron chi connectivity index (χ3n) is 3.91. The third-order valence-corrected chi connectivity index (χ3v) is 4.34. The Morgan fingerprint density at radius 2 is 2.19 bits per heavy atom. The number of aryl methyl sites for hydroxylation is 2. The highest BCUT2D eigenvalue weighted by Crippen LogP contribution is 2.30. The molecule has 0 fully saturated rings. The van der Waals surface area contributed by atoms with Gasteiger partial charge in [-0.1, -0.05) is 23.7 Å². The smallest absolute Gasteiger partial charge is 0.262 e. The van der Waals surface area contributed by atoms with Gasteiger partial charge in [-0.25, -0.2) is 9.37 Å². The van der Waals surface area contributed by atoms with Gasteiger partial charge in [0.15, 0.2) is 11.6 Å². The molecule has 0 bridgehead atoms. The molecule has 0 aromatic carbocycles. The van der Waals surface area contributed by atoms with Crippen molar-refractivity contribution in [1.29, 1.82) is 0 Å². The highest BCUT2D eigenvalue weighted by molar-refractivity contribution is 6.32. The Morgan fingerprint density at radius 3 is 2.85 bits per heavy atom. The molecule has 8 nitrogen and oxygen atoms in total. The maximum absolute atomic E-state index is 13.6. The zero-order valence-electron chi connectivity index (χ0n) is 14.6. The fourth-order valence-electron chi connectivity index (χ4n) is 2.44. The summed E-state index contributed by atoms with van der Waals surface area (Å²) in [5, 5.41) is 10.9. The molecular formula is C16H15ClF2N6O2. The maximum atomic E-state index is 13.6. The van der Waals surface area contributed by atoms with Crippen molar-refractivity contribution in [1.82, 2.24) is 30.2 Å². The number of hydrogen-bond acceptors (Lipinski definition) is 6. The highest BCUT2D eigenvalue weighted by atomic mass is 35.5. The Kier molecular flexibility index (Phi) is 5.17. The normalized spacial score (nSPS) is 12.2. The molecule has 3 heterocycles. The van der Waals surface area contributed by atoms with Gasteiger partial charge in [0.2, 0.25) is 5.95 Å². The Balaban J connectivity index is 1.70. The second-order valence-electron chi connectivity index (χ2n) is 5.91. The van der Waals surface area contributed by atoms with Crippen LogP contribution in [-0.4, -0.2) is 37.4 Å². The van der Waals surface area contributed by atoms with Crippen LogP contribution in [0.5, 0.6) is 0 Å². The Morgan fingerprint density at radius 1 is 1.44 bits per heavy atom. The molecule has 0 spiro atoms. The summed E-state index contributed by atoms with van der Waals surface area (Å²) in [5.41, 5.74) is 0.735. The number of nitrogens with zero attached hydrogens (tertiary/aromatic N) is 5. The van der Waals surface area contributed by atoms with Crippen LogP contribution in [0.4, 0.5) is 8.78 Å². The molecule has 0 aliphatic rings. The molecule has 0 saturated heterocycles. The second kappa shape index (κ2) is 7.39. The molecule has 1 atom stereocenters. The molecule has 0 saturated carbocycles. The van der Waals surface area contributed by atoms with Crippen LogP contribution in [0.15, 0.2) is 16.8 Å². The first-order chi connectivity index (χ1) is 12.8. The van der Waals surface area contributed by atoms with E-state index in [4.69, 9.17) is 16.1 Å². The van der Waals surface area contributed by atoms with E-state index in [-0.39, 0.29) is 18.4 Å². The van der Waals surface area contributed by atoms with Gasteiger partial charge in [-0.2, -0.15) is 14.5 Å². The van der Waals surface area contributed by atoms with Crippen molar-refractivity contribution in [3.05, 3.63) is 46.3 Å². The first kappa shape index (κ1) is 18.9. The molecule has 3 aromatic heterocycles. The fourth-order valence-corrected chi connectivity index (χ4v) is 2.69. The molecule has 0 aliphatic heterocycles. The first-order valence-electron chi connectivity index (χ1n) is 7.90. The van der Waals surface area contributed by atoms with Crippen molar-refractivity contribution in [2.24, 2.45) is 7.05 Å². The fraction of sp³-hybridized carbons (Fsp3) is 0.312. The number of amides is 1. The summed E-state index contributed by atoms with van der Waals surface area (Å²) in [6.07, 6.45) is 1.02. The van der Waals surface area contributed by atoms with E-state index in [2.05, 4.69) is 25.5 Å². The van der Waals surface area contributed by atoms with Crippen molar-refractivity contribution >= 4 is 17.5 Å². The summed E-state index contributed by atoms with van der Waals surface area (Å²) < 4.78 is 33.5. The summed E-state index contributed by atoms with van der Waals surface area (Å²) in [4.78, 5) is 19.5. The number of pyridine rings is 1. The van der Waals surface area contributed by atoms with Crippen LogP contribution < -0.4 is 5.32 Å². The molecule has 3 rings (SSSR count). The van der Waals surface area contributed by atoms with Crippen LogP contribution in [0.2, 0.25) is 5.15 Å². The quantitative estimate of drug-likeness (QED) is 0.666.